The Morgan fingerprint density at radius 1 is 0.545 bits per heavy atom. The van der Waals surface area contributed by atoms with Gasteiger partial charge in [0, 0.05) is 47.8 Å². The first kappa shape index (κ1) is 25.0. The molecule has 6 aromatic carbocycles. The molecule has 5 heteroatoms. The molecule has 1 aliphatic rings. The molecule has 4 nitrogen and oxygen atoms in total. The maximum absolute atomic E-state index is 5.06. The maximum atomic E-state index is 5.06. The Bertz CT molecular complexity index is 2420. The lowest BCUT2D eigenvalue weighted by atomic mass is 10.1. The molecule has 0 aliphatic carbocycles. The molecule has 1 aliphatic heterocycles. The highest BCUT2D eigenvalue weighted by atomic mass is 32.1. The van der Waals surface area contributed by atoms with Crippen LogP contribution in [0.3, 0.4) is 0 Å². The van der Waals surface area contributed by atoms with E-state index in [0.717, 1.165) is 34.0 Å². The average molecular weight is 583 g/mol. The van der Waals surface area contributed by atoms with Crippen LogP contribution >= 0.6 is 11.3 Å². The van der Waals surface area contributed by atoms with E-state index in [4.69, 9.17) is 9.98 Å². The summed E-state index contributed by atoms with van der Waals surface area (Å²) in [6.45, 7) is 0. The van der Waals surface area contributed by atoms with Gasteiger partial charge in [0.05, 0.1) is 11.0 Å². The molecule has 1 atom stereocenters. The van der Waals surface area contributed by atoms with Crippen molar-refractivity contribution in [1.29, 1.82) is 0 Å². The molecule has 0 radical (unpaired) electrons. The number of aliphatic imine (C=N–C) groups is 2. The highest BCUT2D eigenvalue weighted by Crippen LogP contribution is 2.40. The normalized spacial score (nSPS) is 15.0. The third-order valence-electron chi connectivity index (χ3n) is 8.44. The number of hydrogen-bond donors (Lipinski definition) is 1. The molecule has 9 rings (SSSR count). The first-order valence-corrected chi connectivity index (χ1v) is 15.6. The summed E-state index contributed by atoms with van der Waals surface area (Å²) in [5.41, 5.74) is 6.59. The molecule has 0 saturated heterocycles. The molecule has 2 aromatic heterocycles. The van der Waals surface area contributed by atoms with Crippen molar-refractivity contribution in [1.82, 2.24) is 9.88 Å². The smallest absolute Gasteiger partial charge is 0.159 e. The largest absolute Gasteiger partial charge is 0.344 e. The van der Waals surface area contributed by atoms with E-state index < -0.39 is 0 Å². The Labute approximate surface area is 258 Å². The summed E-state index contributed by atoms with van der Waals surface area (Å²) < 4.78 is 5.03. The third-order valence-corrected chi connectivity index (χ3v) is 9.57. The minimum Gasteiger partial charge on any atom is -0.344 e. The van der Waals surface area contributed by atoms with Gasteiger partial charge in [-0.2, -0.15) is 0 Å². The molecule has 0 fully saturated rings. The predicted molar refractivity (Wildman–Crippen MR) is 186 cm³/mol. The second-order valence-corrected chi connectivity index (χ2v) is 12.2. The van der Waals surface area contributed by atoms with Gasteiger partial charge in [-0.3, -0.25) is 0 Å². The lowest BCUT2D eigenvalue weighted by Crippen LogP contribution is -2.33. The van der Waals surface area contributed by atoms with Crippen LogP contribution in [0.4, 0.5) is 0 Å². The summed E-state index contributed by atoms with van der Waals surface area (Å²) in [5.74, 6) is 1.53. The molecular weight excluding hydrogens is 557 g/mol. The van der Waals surface area contributed by atoms with Crippen LogP contribution in [0.1, 0.15) is 22.9 Å². The van der Waals surface area contributed by atoms with Crippen molar-refractivity contribution >= 4 is 65.0 Å². The van der Waals surface area contributed by atoms with E-state index in [1.54, 1.807) is 0 Å². The summed E-state index contributed by atoms with van der Waals surface area (Å²) in [6.07, 6.45) is -0.240. The van der Waals surface area contributed by atoms with Crippen molar-refractivity contribution in [3.05, 3.63) is 162 Å². The summed E-state index contributed by atoms with van der Waals surface area (Å²) in [5, 5.41) is 8.75. The van der Waals surface area contributed by atoms with Gasteiger partial charge in [0.25, 0.3) is 0 Å². The van der Waals surface area contributed by atoms with E-state index >= 15 is 0 Å². The van der Waals surface area contributed by atoms with Crippen molar-refractivity contribution in [2.24, 2.45) is 9.98 Å². The predicted octanol–water partition coefficient (Wildman–Crippen LogP) is 9.65. The Morgan fingerprint density at radius 3 is 2.14 bits per heavy atom. The van der Waals surface area contributed by atoms with Crippen LogP contribution in [-0.4, -0.2) is 16.2 Å². The molecule has 3 heterocycles. The molecule has 8 aromatic rings. The van der Waals surface area contributed by atoms with Crippen LogP contribution in [-0.2, 0) is 0 Å². The third kappa shape index (κ3) is 4.05. The number of benzene rings is 6. The van der Waals surface area contributed by atoms with Crippen molar-refractivity contribution in [3.63, 3.8) is 0 Å². The summed E-state index contributed by atoms with van der Waals surface area (Å²) in [7, 11) is 0. The summed E-state index contributed by atoms with van der Waals surface area (Å²) in [6, 6.07) is 51.4. The van der Waals surface area contributed by atoms with Gasteiger partial charge >= 0.3 is 0 Å². The molecule has 44 heavy (non-hydrogen) atoms. The van der Waals surface area contributed by atoms with Crippen LogP contribution < -0.4 is 5.32 Å². The molecule has 1 unspecified atom stereocenters. The minimum absolute atomic E-state index is 0.240. The Hall–Kier alpha value is -5.52. The zero-order valence-electron chi connectivity index (χ0n) is 23.7. The number of rotatable bonds is 4. The fourth-order valence-electron chi connectivity index (χ4n) is 6.38. The van der Waals surface area contributed by atoms with Gasteiger partial charge in [-0.25, -0.2) is 9.98 Å². The van der Waals surface area contributed by atoms with E-state index in [2.05, 4.69) is 131 Å². The Kier molecular flexibility index (Phi) is 5.71. The number of nitrogens with one attached hydrogen (secondary N) is 1. The van der Waals surface area contributed by atoms with E-state index in [1.165, 1.54) is 42.0 Å². The maximum Gasteiger partial charge on any atom is 0.159 e. The van der Waals surface area contributed by atoms with Gasteiger partial charge in [-0.1, -0.05) is 109 Å². The van der Waals surface area contributed by atoms with Gasteiger partial charge in [-0.05, 0) is 42.0 Å². The second-order valence-electron chi connectivity index (χ2n) is 11.1. The topological polar surface area (TPSA) is 41.7 Å². The monoisotopic (exact) mass is 582 g/mol. The quantitative estimate of drug-likeness (QED) is 0.221. The van der Waals surface area contributed by atoms with Crippen LogP contribution in [0.15, 0.2) is 156 Å². The minimum atomic E-state index is -0.240. The molecule has 0 amide bonds. The van der Waals surface area contributed by atoms with E-state index in [-0.39, 0.29) is 6.17 Å². The van der Waals surface area contributed by atoms with Crippen molar-refractivity contribution in [2.45, 2.75) is 6.17 Å². The lowest BCUT2D eigenvalue weighted by Gasteiger charge is -2.24. The molecule has 0 saturated carbocycles. The molecule has 0 spiro atoms. The first-order chi connectivity index (χ1) is 21.8. The van der Waals surface area contributed by atoms with Crippen LogP contribution in [0.25, 0.3) is 47.7 Å². The van der Waals surface area contributed by atoms with Gasteiger partial charge in [0.15, 0.2) is 5.84 Å². The van der Waals surface area contributed by atoms with Crippen molar-refractivity contribution in [2.75, 3.05) is 0 Å². The van der Waals surface area contributed by atoms with E-state index in [9.17, 15) is 0 Å². The Morgan fingerprint density at radius 2 is 1.27 bits per heavy atom. The fourth-order valence-corrected chi connectivity index (χ4v) is 7.50. The average Bonchev–Trinajstić information content (AvgIpc) is 3.62. The SMILES string of the molecule is c1ccc(C2=NC(c3ccccc3)NC(c3cccc(-n4c5ccccc5c5cc6sc7ccccc7c6cc54)c3)=N2)cc1. The molecule has 1 N–H and O–H groups in total. The van der Waals surface area contributed by atoms with Crippen molar-refractivity contribution in [3.8, 4) is 5.69 Å². The highest BCUT2D eigenvalue weighted by molar-refractivity contribution is 7.25. The zero-order valence-corrected chi connectivity index (χ0v) is 24.5. The number of para-hydroxylation sites is 1. The fraction of sp³-hybridized carbons (Fsp3) is 0.0256. The standard InChI is InChI=1S/C39H26N4S/c1-3-12-25(13-4-1)37-40-38(26-14-5-2-6-15-26)42-39(41-37)27-16-11-17-28(22-27)43-33-20-9-7-18-29(33)31-24-36-32(23-34(31)43)30-19-8-10-21-35(30)44-36/h1-24,37H,(H,40,41,42). The lowest BCUT2D eigenvalue weighted by molar-refractivity contribution is 0.674. The van der Waals surface area contributed by atoms with Crippen molar-refractivity contribution < 1.29 is 0 Å². The number of aromatic nitrogens is 1. The second kappa shape index (κ2) is 10.0. The van der Waals surface area contributed by atoms with Gasteiger partial charge in [0.2, 0.25) is 0 Å². The van der Waals surface area contributed by atoms with Crippen LogP contribution in [0, 0.1) is 0 Å². The Balaban J connectivity index is 1.23. The molecule has 0 bridgehead atoms. The number of fused-ring (bicyclic) bond motifs is 6. The van der Waals surface area contributed by atoms with Crippen LogP contribution in [0.2, 0.25) is 0 Å². The van der Waals surface area contributed by atoms with E-state index in [1.807, 2.05) is 35.6 Å². The number of amidine groups is 2. The first-order valence-electron chi connectivity index (χ1n) is 14.8. The highest BCUT2D eigenvalue weighted by Gasteiger charge is 2.22. The number of nitrogens with zero attached hydrogens (tertiary/aromatic N) is 3. The van der Waals surface area contributed by atoms with E-state index in [0.29, 0.717) is 0 Å². The van der Waals surface area contributed by atoms with Gasteiger partial charge < -0.3 is 9.88 Å². The molecule has 208 valence electrons. The van der Waals surface area contributed by atoms with Crippen LogP contribution in [0.5, 0.6) is 0 Å². The van der Waals surface area contributed by atoms with Gasteiger partial charge in [0.1, 0.15) is 12.0 Å². The zero-order chi connectivity index (χ0) is 29.0. The van der Waals surface area contributed by atoms with Gasteiger partial charge in [-0.15, -0.1) is 11.3 Å². The summed E-state index contributed by atoms with van der Waals surface area (Å²) >= 11 is 1.86. The molecular formula is C39H26N4S. The number of thiophene rings is 1. The summed E-state index contributed by atoms with van der Waals surface area (Å²) in [4.78, 5) is 10.1. The number of hydrogen-bond acceptors (Lipinski definition) is 4.